The maximum atomic E-state index is 12.8. The van der Waals surface area contributed by atoms with Gasteiger partial charge in [0.05, 0.1) is 70.5 Å². The summed E-state index contributed by atoms with van der Waals surface area (Å²) in [7, 11) is 11.1. The molecule has 13 aliphatic carbocycles. The van der Waals surface area contributed by atoms with E-state index in [9.17, 15) is 39.3 Å². The molecule has 5 aromatic carbocycles. The fourth-order valence-electron chi connectivity index (χ4n) is 31.1. The number of ether oxygens (including phenoxy) is 2. The minimum Gasteiger partial charge on any atom is -0.493 e. The number of hydrogen-bond donors (Lipinski definition) is 7. The van der Waals surface area contributed by atoms with Gasteiger partial charge in [-0.05, 0) is 284 Å². The van der Waals surface area contributed by atoms with Crippen LogP contribution in [0.5, 0.6) is 11.5 Å². The minimum atomic E-state index is -0.886. The molecule has 660 valence electrons. The summed E-state index contributed by atoms with van der Waals surface area (Å²) in [5.74, 6) is 4.21. The number of benzene rings is 5. The summed E-state index contributed by atoms with van der Waals surface area (Å²) in [5.41, 5.74) is 35.5. The Morgan fingerprint density at radius 3 is 1.54 bits per heavy atom. The number of aliphatic hydroxyl groups is 3. The summed E-state index contributed by atoms with van der Waals surface area (Å²) >= 11 is 0. The molecule has 0 aromatic heterocycles. The predicted molar refractivity (Wildman–Crippen MR) is 472 cm³/mol. The molecule has 5 saturated heterocycles. The van der Waals surface area contributed by atoms with Crippen LogP contribution in [0.3, 0.4) is 0 Å². The van der Waals surface area contributed by atoms with Crippen LogP contribution in [0.1, 0.15) is 296 Å². The predicted octanol–water partition coefficient (Wildman–Crippen LogP) is 12.6. The van der Waals surface area contributed by atoms with Gasteiger partial charge in [-0.25, -0.2) is 0 Å². The molecule has 124 heavy (non-hydrogen) atoms. The number of hydrogen-bond acceptors (Lipinski definition) is 13. The van der Waals surface area contributed by atoms with Gasteiger partial charge < -0.3 is 61.6 Å². The second kappa shape index (κ2) is 33.4. The number of nitrogens with two attached hydrogens (primary N) is 4. The SMILES string of the molecule is CN1CCC23CCCCC2C1Cc1ccc(C(N)=O)cc13.COc1ccc2c3c1OC1C(=O)CCC4(O)C(C2)N(CC2CC2)CCC314.C[N+]1(C)CCC23CCCCC2C1Cc1ccc(C(N)=O)cc13.C[N+]1(CC2CCC2)CCC23CCCCC2(O)C1Cc1ccc(C(N)=O)cc13.NC(=O)c1ccc2c(c1)C13CCCCC1(O)C(C2)N(CC1CCC1)CC3.[Y].[Y]. The summed E-state index contributed by atoms with van der Waals surface area (Å²) < 4.78 is 14.0. The van der Waals surface area contributed by atoms with Crippen molar-refractivity contribution < 1.29 is 123 Å². The van der Waals surface area contributed by atoms with E-state index >= 15 is 0 Å². The number of fused-ring (bicyclic) bond motifs is 4. The molecule has 24 rings (SSSR count). The average molecular weight is 1840 g/mol. The van der Waals surface area contributed by atoms with Gasteiger partial charge in [-0.1, -0.05) is 94.5 Å². The first kappa shape index (κ1) is 89.7. The van der Waals surface area contributed by atoms with Gasteiger partial charge in [0.1, 0.15) is 11.6 Å². The van der Waals surface area contributed by atoms with E-state index in [1.807, 2.05) is 42.5 Å². The van der Waals surface area contributed by atoms with Crippen LogP contribution in [0.4, 0.5) is 0 Å². The molecule has 2 radical (unpaired) electrons. The van der Waals surface area contributed by atoms with Crippen molar-refractivity contribution in [3.8, 4) is 11.5 Å². The quantitative estimate of drug-likeness (QED) is 0.0607. The Bertz CT molecular complexity index is 5010. The van der Waals surface area contributed by atoms with E-state index in [0.29, 0.717) is 63.5 Å². The third-order valence-corrected chi connectivity index (χ3v) is 38.0. The first-order valence-electron chi connectivity index (χ1n) is 48.2. The van der Waals surface area contributed by atoms with Gasteiger partial charge in [0.2, 0.25) is 23.6 Å². The number of carbonyl (C=O) groups excluding carboxylic acids is 5. The number of likely N-dealkylation sites (N-methyl/N-ethyl adjacent to an activating group) is 3. The average Bonchev–Trinajstić information content (AvgIpc) is 1.51. The van der Waals surface area contributed by atoms with E-state index in [-0.39, 0.29) is 124 Å². The molecule has 17 unspecified atom stereocenters. The number of piperidine rings is 5. The number of likely N-dealkylation sites (tertiary alicyclic amines) is 5. The van der Waals surface area contributed by atoms with Crippen LogP contribution in [-0.2, 0) is 129 Å². The first-order valence-corrected chi connectivity index (χ1v) is 48.2. The molecule has 8 saturated carbocycles. The van der Waals surface area contributed by atoms with Crippen molar-refractivity contribution in [3.05, 3.63) is 163 Å². The topological polar surface area (TPSA) is 278 Å². The molecular formula is C103H139N9O10Y2+2. The van der Waals surface area contributed by atoms with Crippen LogP contribution in [0.2, 0.25) is 0 Å². The van der Waals surface area contributed by atoms with Crippen molar-refractivity contribution in [1.82, 2.24) is 14.7 Å². The smallest absolute Gasteiger partial charge is 0.248 e. The Kier molecular flexibility index (Phi) is 24.2. The zero-order valence-electron chi connectivity index (χ0n) is 74.9. The van der Waals surface area contributed by atoms with Gasteiger partial charge in [-0.2, -0.15) is 0 Å². The molecule has 11 N–H and O–H groups in total. The number of primary amides is 4. The van der Waals surface area contributed by atoms with E-state index in [4.69, 9.17) is 32.4 Å². The Morgan fingerprint density at radius 2 is 0.968 bits per heavy atom. The second-order valence-corrected chi connectivity index (χ2v) is 43.7. The molecule has 1 spiro atoms. The molecule has 13 fully saturated rings. The van der Waals surface area contributed by atoms with Gasteiger partial charge in [0.15, 0.2) is 23.4 Å². The first-order chi connectivity index (χ1) is 58.5. The maximum absolute atomic E-state index is 12.8. The third-order valence-electron chi connectivity index (χ3n) is 38.0. The summed E-state index contributed by atoms with van der Waals surface area (Å²) in [6.45, 7) is 9.04. The normalized spacial score (nSPS) is 37.1. The van der Waals surface area contributed by atoms with Crippen molar-refractivity contribution in [2.24, 2.45) is 52.5 Å². The van der Waals surface area contributed by atoms with Crippen LogP contribution < -0.4 is 32.4 Å². The fourth-order valence-corrected chi connectivity index (χ4v) is 31.1. The number of amides is 4. The van der Waals surface area contributed by atoms with Gasteiger partial charge in [-0.3, -0.25) is 33.8 Å². The molecule has 19 nitrogen and oxygen atoms in total. The Morgan fingerprint density at radius 1 is 0.476 bits per heavy atom. The van der Waals surface area contributed by atoms with Crippen LogP contribution in [-0.4, -0.2) is 209 Å². The van der Waals surface area contributed by atoms with Gasteiger partial charge in [0, 0.05) is 190 Å². The number of ketones is 1. The van der Waals surface area contributed by atoms with E-state index in [1.165, 1.54) is 192 Å². The summed E-state index contributed by atoms with van der Waals surface area (Å²) in [4.78, 5) is 67.3. The molecule has 17 atom stereocenters. The number of quaternary nitrogens is 2. The Hall–Kier alpha value is -4.86. The molecule has 6 heterocycles. The second-order valence-electron chi connectivity index (χ2n) is 43.7. The van der Waals surface area contributed by atoms with Gasteiger partial charge >= 0.3 is 0 Å². The Labute approximate surface area is 786 Å². The summed E-state index contributed by atoms with van der Waals surface area (Å²) in [5, 5.41) is 36.4. The van der Waals surface area contributed by atoms with Crippen molar-refractivity contribution in [2.75, 3.05) is 87.7 Å². The molecule has 6 aliphatic heterocycles. The largest absolute Gasteiger partial charge is 0.493 e. The number of Topliss-reactive ketones (excluding diaryl/α,β-unsaturated/α-hetero) is 1. The number of rotatable bonds is 11. The van der Waals surface area contributed by atoms with E-state index in [1.54, 1.807) is 7.11 Å². The number of methoxy groups -OCH3 is 1. The van der Waals surface area contributed by atoms with Crippen molar-refractivity contribution in [3.63, 3.8) is 0 Å². The van der Waals surface area contributed by atoms with Crippen LogP contribution in [0, 0.1) is 29.6 Å². The van der Waals surface area contributed by atoms with E-state index < -0.39 is 28.3 Å². The summed E-state index contributed by atoms with van der Waals surface area (Å²) in [6.07, 6.45) is 40.6. The monoisotopic (exact) mass is 1840 g/mol. The molecule has 19 aliphatic rings. The van der Waals surface area contributed by atoms with E-state index in [0.717, 1.165) is 179 Å². The molecule has 5 aromatic rings. The molecule has 4 amide bonds. The van der Waals surface area contributed by atoms with Crippen molar-refractivity contribution in [1.29, 1.82) is 0 Å². The minimum absolute atomic E-state index is 0. The third kappa shape index (κ3) is 14.1. The zero-order chi connectivity index (χ0) is 84.6. The zero-order valence-corrected chi connectivity index (χ0v) is 80.6. The summed E-state index contributed by atoms with van der Waals surface area (Å²) in [6, 6.07) is 30.5. The van der Waals surface area contributed by atoms with Crippen molar-refractivity contribution in [2.45, 2.75) is 311 Å². The molecular weight excluding hydrogens is 1700 g/mol. The fraction of sp³-hybridized carbons (Fsp3) is 0.660. The maximum Gasteiger partial charge on any atom is 0.248 e. The van der Waals surface area contributed by atoms with Crippen LogP contribution in [0.25, 0.3) is 0 Å². The number of nitrogens with zero attached hydrogens (tertiary/aromatic N) is 5. The number of carbonyl (C=O) groups is 5. The Balaban J connectivity index is 0.000000105. The van der Waals surface area contributed by atoms with Crippen LogP contribution in [0.15, 0.2) is 84.9 Å². The molecule has 21 heteroatoms. The van der Waals surface area contributed by atoms with E-state index in [2.05, 4.69) is 85.4 Å². The van der Waals surface area contributed by atoms with Gasteiger partial charge in [-0.15, -0.1) is 0 Å². The van der Waals surface area contributed by atoms with Gasteiger partial charge in [0.25, 0.3) is 0 Å². The van der Waals surface area contributed by atoms with Crippen LogP contribution >= 0.6 is 0 Å². The standard InChI is InChI=1S/C23H32N2O2.C22H30N2O2.C21H25NO4.C19H26N2O.C18H24N2O.2Y/c1-25(15-16-5-4-6-16)12-11-22-9-2-3-10-23(22,27)20(25)14-17-7-8-18(21(24)26)13-19(17)22;23-20(25)17-7-6-16-13-19-22(26)9-2-1-8-21(22,18(16)12-17)10-11-24(19)14-15-4-3-5-15;1-25-15-5-4-13-10-16-21(24)7-6-14(23)19-20(21,17(13)18(15)26-19)8-9-22(16)11-12-2-3-12;1-21(2)10-9-19-8-4-3-5-15(19)17(21)12-13-6-7-14(18(20)22)11-16(13)19;1-20-9-8-18-7-3-2-4-14(18)16(20)11-12-5-6-13(17(19)21)10-15(12)18;;/h7-8,13,16,20,27H,2-6,9-12,14-15H2,1H3,(H-,24,26);6-7,12,15,19,26H,1-5,8-11,13-14H2,(H2,23,25);4-5,12,16,19,24H,2-3,6-11H2,1H3;6-7,11,15,17H,3-5,8-10,12H2,1-2H3,(H-,20,22);5-6,10,14,16H,2-4,7-9,11H2,1H3,(H2,19,21);;/p+2. The molecule has 10 bridgehead atoms. The van der Waals surface area contributed by atoms with Crippen molar-refractivity contribution >= 4 is 29.4 Å².